The third-order valence-corrected chi connectivity index (χ3v) is 4.28. The SMILES string of the molecule is CC(C)(C)CC1CCc2nnn(C(C)(C)C)c2C(F)(F)CC1. The van der Waals surface area contributed by atoms with Crippen LogP contribution in [0.1, 0.15) is 78.6 Å². The summed E-state index contributed by atoms with van der Waals surface area (Å²) in [6, 6.07) is 0. The van der Waals surface area contributed by atoms with E-state index in [0.717, 1.165) is 12.8 Å². The zero-order valence-electron chi connectivity index (χ0n) is 14.7. The highest BCUT2D eigenvalue weighted by Gasteiger charge is 2.42. The second kappa shape index (κ2) is 5.57. The maximum atomic E-state index is 14.8. The van der Waals surface area contributed by atoms with Gasteiger partial charge in [0.1, 0.15) is 5.69 Å². The zero-order chi connectivity index (χ0) is 16.8. The predicted molar refractivity (Wildman–Crippen MR) is 84.0 cm³/mol. The molecule has 3 nitrogen and oxygen atoms in total. The Kier molecular flexibility index (Phi) is 4.39. The molecule has 0 saturated carbocycles. The van der Waals surface area contributed by atoms with Crippen molar-refractivity contribution in [3.63, 3.8) is 0 Å². The van der Waals surface area contributed by atoms with Gasteiger partial charge in [-0.1, -0.05) is 26.0 Å². The van der Waals surface area contributed by atoms with Crippen molar-refractivity contribution in [1.29, 1.82) is 0 Å². The fourth-order valence-electron chi connectivity index (χ4n) is 3.38. The Balaban J connectivity index is 2.32. The Morgan fingerprint density at radius 1 is 1.14 bits per heavy atom. The molecule has 0 amide bonds. The fraction of sp³-hybridized carbons (Fsp3) is 0.882. The van der Waals surface area contributed by atoms with E-state index in [1.807, 2.05) is 20.8 Å². The molecule has 1 aromatic heterocycles. The second-order valence-electron chi connectivity index (χ2n) is 8.88. The van der Waals surface area contributed by atoms with Crippen LogP contribution in [-0.4, -0.2) is 15.0 Å². The van der Waals surface area contributed by atoms with Crippen molar-refractivity contribution in [2.24, 2.45) is 11.3 Å². The van der Waals surface area contributed by atoms with Gasteiger partial charge < -0.3 is 0 Å². The van der Waals surface area contributed by atoms with Gasteiger partial charge in [-0.15, -0.1) is 5.10 Å². The van der Waals surface area contributed by atoms with Gasteiger partial charge >= 0.3 is 0 Å². The summed E-state index contributed by atoms with van der Waals surface area (Å²) >= 11 is 0. The summed E-state index contributed by atoms with van der Waals surface area (Å²) in [5.41, 5.74) is 0.215. The summed E-state index contributed by atoms with van der Waals surface area (Å²) < 4.78 is 31.0. The minimum Gasteiger partial charge on any atom is -0.238 e. The maximum Gasteiger partial charge on any atom is 0.291 e. The van der Waals surface area contributed by atoms with E-state index in [9.17, 15) is 8.78 Å². The highest BCUT2D eigenvalue weighted by atomic mass is 19.3. The number of rotatable bonds is 1. The van der Waals surface area contributed by atoms with Gasteiger partial charge in [0, 0.05) is 6.42 Å². The molecule has 0 aliphatic heterocycles. The van der Waals surface area contributed by atoms with E-state index in [0.29, 0.717) is 24.5 Å². The molecule has 1 unspecified atom stereocenters. The molecule has 2 rings (SSSR count). The quantitative estimate of drug-likeness (QED) is 0.738. The van der Waals surface area contributed by atoms with Gasteiger partial charge in [-0.25, -0.2) is 4.68 Å². The number of aromatic nitrogens is 3. The molecule has 0 aromatic carbocycles. The van der Waals surface area contributed by atoms with E-state index in [2.05, 4.69) is 31.1 Å². The molecule has 0 bridgehead atoms. The van der Waals surface area contributed by atoms with E-state index in [1.54, 1.807) is 0 Å². The van der Waals surface area contributed by atoms with Crippen LogP contribution in [0.15, 0.2) is 0 Å². The Hall–Kier alpha value is -1.00. The number of alkyl halides is 2. The molecule has 5 heteroatoms. The molecule has 126 valence electrons. The lowest BCUT2D eigenvalue weighted by molar-refractivity contribution is -0.0357. The summed E-state index contributed by atoms with van der Waals surface area (Å²) in [6.07, 6.45) is 2.96. The van der Waals surface area contributed by atoms with Crippen LogP contribution in [0.4, 0.5) is 8.78 Å². The van der Waals surface area contributed by atoms with Crippen molar-refractivity contribution in [3.8, 4) is 0 Å². The number of nitrogens with zero attached hydrogens (tertiary/aromatic N) is 3. The fourth-order valence-corrected chi connectivity index (χ4v) is 3.38. The van der Waals surface area contributed by atoms with Gasteiger partial charge in [0.05, 0.1) is 11.2 Å². The van der Waals surface area contributed by atoms with Crippen LogP contribution in [0.2, 0.25) is 0 Å². The van der Waals surface area contributed by atoms with Crippen molar-refractivity contribution < 1.29 is 8.78 Å². The molecule has 0 fully saturated rings. The lowest BCUT2D eigenvalue weighted by Crippen LogP contribution is -2.32. The van der Waals surface area contributed by atoms with Crippen LogP contribution >= 0.6 is 0 Å². The normalized spacial score (nSPS) is 22.8. The molecule has 0 radical (unpaired) electrons. The standard InChI is InChI=1S/C17H29F2N3/c1-15(2,3)11-12-7-8-13-14(17(18,19)10-9-12)22(21-20-13)16(4,5)6/h12H,7-11H2,1-6H3. The van der Waals surface area contributed by atoms with Crippen LogP contribution in [0, 0.1) is 11.3 Å². The van der Waals surface area contributed by atoms with Crippen molar-refractivity contribution in [1.82, 2.24) is 15.0 Å². The smallest absolute Gasteiger partial charge is 0.238 e. The number of aryl methyl sites for hydroxylation is 1. The highest BCUT2D eigenvalue weighted by Crippen LogP contribution is 2.42. The van der Waals surface area contributed by atoms with Crippen molar-refractivity contribution >= 4 is 0 Å². The first-order chi connectivity index (χ1) is 9.90. The lowest BCUT2D eigenvalue weighted by Gasteiger charge is -2.31. The molecule has 1 heterocycles. The predicted octanol–water partition coefficient (Wildman–Crippen LogP) is 4.90. The summed E-state index contributed by atoms with van der Waals surface area (Å²) in [7, 11) is 0. The van der Waals surface area contributed by atoms with Gasteiger partial charge in [-0.2, -0.15) is 8.78 Å². The molecule has 1 aliphatic rings. The van der Waals surface area contributed by atoms with E-state index >= 15 is 0 Å². The van der Waals surface area contributed by atoms with Crippen molar-refractivity contribution in [2.75, 3.05) is 0 Å². The van der Waals surface area contributed by atoms with Crippen LogP contribution in [0.25, 0.3) is 0 Å². The van der Waals surface area contributed by atoms with E-state index in [-0.39, 0.29) is 17.5 Å². The Labute approximate surface area is 132 Å². The van der Waals surface area contributed by atoms with E-state index in [4.69, 9.17) is 0 Å². The first-order valence-corrected chi connectivity index (χ1v) is 8.23. The Morgan fingerprint density at radius 2 is 1.77 bits per heavy atom. The van der Waals surface area contributed by atoms with Crippen LogP contribution < -0.4 is 0 Å². The summed E-state index contributed by atoms with van der Waals surface area (Å²) in [5, 5.41) is 8.12. The first kappa shape index (κ1) is 17.4. The van der Waals surface area contributed by atoms with Crippen LogP contribution in [0.3, 0.4) is 0 Å². The van der Waals surface area contributed by atoms with Crippen molar-refractivity contribution in [2.45, 2.75) is 85.1 Å². The third-order valence-electron chi connectivity index (χ3n) is 4.28. The molecule has 0 N–H and O–H groups in total. The average Bonchev–Trinajstić information content (AvgIpc) is 2.74. The van der Waals surface area contributed by atoms with Gasteiger partial charge in [-0.05, 0) is 57.8 Å². The number of hydrogen-bond donors (Lipinski definition) is 0. The van der Waals surface area contributed by atoms with E-state index in [1.165, 1.54) is 4.68 Å². The highest BCUT2D eigenvalue weighted by molar-refractivity contribution is 5.19. The monoisotopic (exact) mass is 313 g/mol. The first-order valence-electron chi connectivity index (χ1n) is 8.23. The summed E-state index contributed by atoms with van der Waals surface area (Å²) in [6.45, 7) is 12.2. The third kappa shape index (κ3) is 3.85. The van der Waals surface area contributed by atoms with Gasteiger partial charge in [0.15, 0.2) is 0 Å². The molecule has 22 heavy (non-hydrogen) atoms. The number of hydrogen-bond acceptors (Lipinski definition) is 2. The average molecular weight is 313 g/mol. The minimum absolute atomic E-state index is 0.0363. The Morgan fingerprint density at radius 3 is 2.32 bits per heavy atom. The van der Waals surface area contributed by atoms with Crippen LogP contribution in [0.5, 0.6) is 0 Å². The summed E-state index contributed by atoms with van der Waals surface area (Å²) in [5.74, 6) is -2.51. The second-order valence-corrected chi connectivity index (χ2v) is 8.88. The lowest BCUT2D eigenvalue weighted by atomic mass is 9.78. The molecule has 0 saturated heterocycles. The topological polar surface area (TPSA) is 30.7 Å². The van der Waals surface area contributed by atoms with E-state index < -0.39 is 11.5 Å². The van der Waals surface area contributed by atoms with Crippen LogP contribution in [-0.2, 0) is 17.9 Å². The minimum atomic E-state index is -2.84. The van der Waals surface area contributed by atoms with Crippen molar-refractivity contribution in [3.05, 3.63) is 11.4 Å². The maximum absolute atomic E-state index is 14.8. The molecule has 0 spiro atoms. The van der Waals surface area contributed by atoms with Gasteiger partial charge in [0.2, 0.25) is 0 Å². The largest absolute Gasteiger partial charge is 0.291 e. The van der Waals surface area contributed by atoms with Gasteiger partial charge in [0.25, 0.3) is 5.92 Å². The molecule has 1 aliphatic carbocycles. The van der Waals surface area contributed by atoms with Gasteiger partial charge in [-0.3, -0.25) is 0 Å². The zero-order valence-corrected chi connectivity index (χ0v) is 14.7. The molecular formula is C17H29F2N3. The number of fused-ring (bicyclic) bond motifs is 1. The Bertz CT molecular complexity index is 521. The summed E-state index contributed by atoms with van der Waals surface area (Å²) in [4.78, 5) is 0. The molecule has 1 aromatic rings. The molecule has 1 atom stereocenters. The molecular weight excluding hydrogens is 284 g/mol. The number of halogens is 2.